The second-order valence-electron chi connectivity index (χ2n) is 6.43. The lowest BCUT2D eigenvalue weighted by Gasteiger charge is -2.31. The number of hydrogen-bond donors (Lipinski definition) is 2. The molecule has 1 atom stereocenters. The number of amides is 1. The largest absolute Gasteiger partial charge is 0.495 e. The van der Waals surface area contributed by atoms with E-state index in [2.05, 4.69) is 20.5 Å². The molecule has 2 heterocycles. The fraction of sp³-hybridized carbons (Fsp3) is 0.471. The Hall–Kier alpha value is -1.82. The molecule has 1 aliphatic rings. The standard InChI is InChI=1S/C17H22ClN5O4S2/c1-27-14-5-4-13(18)9-15(14)29(25,26)23-7-2-3-12(10-23)16(24)19-6-8-28-17-20-11-21-22-17/h4-5,9,11-12H,2-3,6-8,10H2,1H3,(H,19,24)(H,20,21,22)/t12-/m1/s1. The van der Waals surface area contributed by atoms with E-state index in [-0.39, 0.29) is 23.1 Å². The van der Waals surface area contributed by atoms with Gasteiger partial charge in [-0.15, -0.1) is 0 Å². The van der Waals surface area contributed by atoms with Gasteiger partial charge in [-0.25, -0.2) is 13.4 Å². The first kappa shape index (κ1) is 21.9. The molecular formula is C17H22ClN5O4S2. The molecule has 0 unspecified atom stereocenters. The highest BCUT2D eigenvalue weighted by atomic mass is 35.5. The van der Waals surface area contributed by atoms with Crippen LogP contribution in [0.25, 0.3) is 0 Å². The number of carbonyl (C=O) groups is 1. The monoisotopic (exact) mass is 459 g/mol. The molecule has 2 aromatic rings. The number of benzene rings is 1. The molecule has 1 aromatic carbocycles. The van der Waals surface area contributed by atoms with E-state index in [1.807, 2.05) is 0 Å². The van der Waals surface area contributed by atoms with Crippen molar-refractivity contribution >= 4 is 39.3 Å². The lowest BCUT2D eigenvalue weighted by molar-refractivity contribution is -0.125. The van der Waals surface area contributed by atoms with Crippen molar-refractivity contribution in [2.75, 3.05) is 32.5 Å². The van der Waals surface area contributed by atoms with E-state index < -0.39 is 15.9 Å². The first-order valence-corrected chi connectivity index (χ1v) is 11.8. The number of H-pyrrole nitrogens is 1. The van der Waals surface area contributed by atoms with Gasteiger partial charge in [0.1, 0.15) is 17.0 Å². The molecular weight excluding hydrogens is 438 g/mol. The predicted octanol–water partition coefficient (Wildman–Crippen LogP) is 1.78. The van der Waals surface area contributed by atoms with Gasteiger partial charge in [0.15, 0.2) is 5.16 Å². The molecule has 12 heteroatoms. The number of aromatic nitrogens is 3. The third-order valence-corrected chi connectivity index (χ3v) is 7.53. The van der Waals surface area contributed by atoms with Crippen LogP contribution in [-0.2, 0) is 14.8 Å². The fourth-order valence-corrected chi connectivity index (χ4v) is 5.67. The Morgan fingerprint density at radius 2 is 2.31 bits per heavy atom. The maximum Gasteiger partial charge on any atom is 0.246 e. The highest BCUT2D eigenvalue weighted by Crippen LogP contribution is 2.31. The summed E-state index contributed by atoms with van der Waals surface area (Å²) in [7, 11) is -2.42. The van der Waals surface area contributed by atoms with Crippen LogP contribution in [0.2, 0.25) is 5.02 Å². The molecule has 0 bridgehead atoms. The number of nitrogens with one attached hydrogen (secondary N) is 2. The van der Waals surface area contributed by atoms with Crippen LogP contribution < -0.4 is 10.1 Å². The number of methoxy groups -OCH3 is 1. The molecule has 0 spiro atoms. The summed E-state index contributed by atoms with van der Waals surface area (Å²) in [5, 5.41) is 10.4. The van der Waals surface area contributed by atoms with Crippen LogP contribution in [0.1, 0.15) is 12.8 Å². The van der Waals surface area contributed by atoms with Gasteiger partial charge in [0, 0.05) is 30.4 Å². The van der Waals surface area contributed by atoms with E-state index >= 15 is 0 Å². The van der Waals surface area contributed by atoms with E-state index in [4.69, 9.17) is 16.3 Å². The minimum atomic E-state index is -3.83. The normalized spacial score (nSPS) is 17.8. The Morgan fingerprint density at radius 1 is 1.48 bits per heavy atom. The average Bonchev–Trinajstić information content (AvgIpc) is 3.24. The fourth-order valence-electron chi connectivity index (χ4n) is 3.10. The number of thioether (sulfide) groups is 1. The van der Waals surface area contributed by atoms with E-state index in [0.29, 0.717) is 41.9 Å². The molecule has 1 amide bonds. The van der Waals surface area contributed by atoms with Crippen LogP contribution in [0.3, 0.4) is 0 Å². The highest BCUT2D eigenvalue weighted by molar-refractivity contribution is 7.99. The third kappa shape index (κ3) is 5.41. The van der Waals surface area contributed by atoms with Gasteiger partial charge in [-0.05, 0) is 31.0 Å². The van der Waals surface area contributed by atoms with E-state index in [0.717, 1.165) is 0 Å². The number of aromatic amines is 1. The summed E-state index contributed by atoms with van der Waals surface area (Å²) < 4.78 is 32.8. The van der Waals surface area contributed by atoms with Gasteiger partial charge < -0.3 is 10.1 Å². The third-order valence-electron chi connectivity index (χ3n) is 4.53. The summed E-state index contributed by atoms with van der Waals surface area (Å²) in [6, 6.07) is 4.47. The Balaban J connectivity index is 1.60. The molecule has 1 saturated heterocycles. The number of sulfonamides is 1. The summed E-state index contributed by atoms with van der Waals surface area (Å²) in [6.45, 7) is 0.928. The van der Waals surface area contributed by atoms with Crippen molar-refractivity contribution in [2.24, 2.45) is 5.92 Å². The van der Waals surface area contributed by atoms with Gasteiger partial charge in [-0.3, -0.25) is 9.89 Å². The maximum atomic E-state index is 13.1. The van der Waals surface area contributed by atoms with Crippen molar-refractivity contribution in [3.05, 3.63) is 29.5 Å². The summed E-state index contributed by atoms with van der Waals surface area (Å²) in [5.41, 5.74) is 0. The second kappa shape index (κ2) is 9.79. The van der Waals surface area contributed by atoms with Crippen LogP contribution in [0.4, 0.5) is 0 Å². The van der Waals surface area contributed by atoms with Crippen molar-refractivity contribution in [1.29, 1.82) is 0 Å². The lowest BCUT2D eigenvalue weighted by atomic mass is 9.99. The minimum absolute atomic E-state index is 0.0111. The molecule has 0 aliphatic carbocycles. The molecule has 3 rings (SSSR count). The Kier molecular flexibility index (Phi) is 7.38. The molecule has 0 radical (unpaired) electrons. The van der Waals surface area contributed by atoms with Crippen LogP contribution in [-0.4, -0.2) is 66.3 Å². The molecule has 29 heavy (non-hydrogen) atoms. The minimum Gasteiger partial charge on any atom is -0.495 e. The SMILES string of the molecule is COc1ccc(Cl)cc1S(=O)(=O)N1CCC[C@@H](C(=O)NCCSc2ncn[nH]2)C1. The Bertz CT molecular complexity index is 939. The first-order chi connectivity index (χ1) is 13.9. The lowest BCUT2D eigenvalue weighted by Crippen LogP contribution is -2.45. The van der Waals surface area contributed by atoms with E-state index in [1.54, 1.807) is 6.07 Å². The van der Waals surface area contributed by atoms with Gasteiger partial charge in [0.25, 0.3) is 0 Å². The molecule has 1 fully saturated rings. The van der Waals surface area contributed by atoms with Crippen LogP contribution >= 0.6 is 23.4 Å². The summed E-state index contributed by atoms with van der Waals surface area (Å²) in [5.74, 6) is 0.306. The number of nitrogens with zero attached hydrogens (tertiary/aromatic N) is 3. The molecule has 9 nitrogen and oxygen atoms in total. The van der Waals surface area contributed by atoms with Crippen LogP contribution in [0.15, 0.2) is 34.6 Å². The number of carbonyl (C=O) groups excluding carboxylic acids is 1. The average molecular weight is 460 g/mol. The predicted molar refractivity (Wildman–Crippen MR) is 110 cm³/mol. The number of halogens is 1. The topological polar surface area (TPSA) is 117 Å². The second-order valence-corrected chi connectivity index (χ2v) is 9.85. The molecule has 1 aliphatic heterocycles. The number of hydrogen-bond acceptors (Lipinski definition) is 7. The van der Waals surface area contributed by atoms with Crippen LogP contribution in [0, 0.1) is 5.92 Å². The summed E-state index contributed by atoms with van der Waals surface area (Å²) in [6.07, 6.45) is 2.67. The van der Waals surface area contributed by atoms with Gasteiger partial charge in [-0.1, -0.05) is 23.4 Å². The zero-order valence-electron chi connectivity index (χ0n) is 15.8. The Labute approximate surface area is 178 Å². The van der Waals surface area contributed by atoms with Crippen molar-refractivity contribution in [2.45, 2.75) is 22.9 Å². The zero-order chi connectivity index (χ0) is 20.9. The molecule has 2 N–H and O–H groups in total. The first-order valence-electron chi connectivity index (χ1n) is 9.01. The van der Waals surface area contributed by atoms with Crippen molar-refractivity contribution in [3.8, 4) is 5.75 Å². The number of piperidine rings is 1. The van der Waals surface area contributed by atoms with Crippen LogP contribution in [0.5, 0.6) is 5.75 Å². The maximum absolute atomic E-state index is 13.1. The smallest absolute Gasteiger partial charge is 0.246 e. The number of rotatable bonds is 8. The van der Waals surface area contributed by atoms with Crippen molar-refractivity contribution in [3.63, 3.8) is 0 Å². The summed E-state index contributed by atoms with van der Waals surface area (Å²) >= 11 is 7.44. The van der Waals surface area contributed by atoms with Crippen molar-refractivity contribution < 1.29 is 17.9 Å². The Morgan fingerprint density at radius 3 is 3.03 bits per heavy atom. The van der Waals surface area contributed by atoms with Gasteiger partial charge >= 0.3 is 0 Å². The van der Waals surface area contributed by atoms with E-state index in [1.165, 1.54) is 41.6 Å². The van der Waals surface area contributed by atoms with Crippen molar-refractivity contribution in [1.82, 2.24) is 24.8 Å². The molecule has 0 saturated carbocycles. The summed E-state index contributed by atoms with van der Waals surface area (Å²) in [4.78, 5) is 16.5. The molecule has 158 valence electrons. The highest BCUT2D eigenvalue weighted by Gasteiger charge is 2.34. The van der Waals surface area contributed by atoms with Gasteiger partial charge in [0.05, 0.1) is 13.0 Å². The zero-order valence-corrected chi connectivity index (χ0v) is 18.2. The quantitative estimate of drug-likeness (QED) is 0.456. The van der Waals surface area contributed by atoms with Gasteiger partial charge in [0.2, 0.25) is 15.9 Å². The molecule has 1 aromatic heterocycles. The van der Waals surface area contributed by atoms with E-state index in [9.17, 15) is 13.2 Å². The number of ether oxygens (including phenoxy) is 1. The van der Waals surface area contributed by atoms with Gasteiger partial charge in [-0.2, -0.15) is 9.40 Å².